The van der Waals surface area contributed by atoms with Crippen molar-refractivity contribution in [2.45, 2.75) is 6.17 Å². The van der Waals surface area contributed by atoms with Crippen LogP contribution in [-0.4, -0.2) is 35.8 Å². The molecule has 1 N–H and O–H groups in total. The lowest BCUT2D eigenvalue weighted by atomic mass is 10.0. The molecule has 0 saturated carbocycles. The van der Waals surface area contributed by atoms with E-state index >= 15 is 0 Å². The minimum atomic E-state index is -0.400. The van der Waals surface area contributed by atoms with Crippen molar-refractivity contribution in [1.29, 1.82) is 0 Å². The molecule has 0 amide bonds. The van der Waals surface area contributed by atoms with Gasteiger partial charge in [0.15, 0.2) is 28.9 Å². The van der Waals surface area contributed by atoms with Crippen molar-refractivity contribution in [3.05, 3.63) is 259 Å². The van der Waals surface area contributed by atoms with Gasteiger partial charge in [0.05, 0.1) is 33.1 Å². The molecule has 1 aliphatic rings. The molecule has 9 heteroatoms. The predicted octanol–water partition coefficient (Wildman–Crippen LogP) is 15.5. The minimum absolute atomic E-state index is 0.400. The van der Waals surface area contributed by atoms with Gasteiger partial charge in [0, 0.05) is 60.4 Å². The molecule has 15 rings (SSSR count). The highest BCUT2D eigenvalue weighted by molar-refractivity contribution is 6.39. The van der Waals surface area contributed by atoms with E-state index in [1.54, 1.807) is 0 Å². The molecule has 10 aromatic carbocycles. The normalized spacial score (nSPS) is 13.7. The summed E-state index contributed by atoms with van der Waals surface area (Å²) in [6.45, 7) is 0. The van der Waals surface area contributed by atoms with Gasteiger partial charge < -0.3 is 18.9 Å². The molecule has 75 heavy (non-hydrogen) atoms. The number of hydrogen-bond acceptors (Lipinski definition) is 7. The van der Waals surface area contributed by atoms with E-state index in [1.165, 1.54) is 0 Å². The van der Waals surface area contributed by atoms with Crippen LogP contribution in [0.5, 0.6) is 0 Å². The van der Waals surface area contributed by atoms with Crippen LogP contribution in [0.4, 0.5) is 0 Å². The monoisotopic (exact) mass is 962 g/mol. The number of fused-ring (bicyclic) bond motifs is 12. The third-order valence-electron chi connectivity index (χ3n) is 14.4. The van der Waals surface area contributed by atoms with Gasteiger partial charge in [-0.2, -0.15) is 0 Å². The Morgan fingerprint density at radius 2 is 0.933 bits per heavy atom. The first-order valence-electron chi connectivity index (χ1n) is 25.1. The summed E-state index contributed by atoms with van der Waals surface area (Å²) in [5, 5.41) is 10.2. The number of amidine groups is 2. The Balaban J connectivity index is 1.09. The zero-order valence-electron chi connectivity index (χ0n) is 40.2. The van der Waals surface area contributed by atoms with Gasteiger partial charge in [-0.25, -0.2) is 24.9 Å². The summed E-state index contributed by atoms with van der Waals surface area (Å²) in [6, 6.07) is 83.7. The summed E-state index contributed by atoms with van der Waals surface area (Å²) in [7, 11) is 0. The van der Waals surface area contributed by atoms with Gasteiger partial charge >= 0.3 is 0 Å². The van der Waals surface area contributed by atoms with Crippen molar-refractivity contribution < 1.29 is 4.42 Å². The molecule has 14 aromatic rings. The van der Waals surface area contributed by atoms with Crippen LogP contribution in [-0.2, 0) is 0 Å². The number of aliphatic imine (C=N–C) groups is 2. The summed E-state index contributed by atoms with van der Waals surface area (Å²) < 4.78 is 12.0. The fraction of sp³-hybridized carbons (Fsp3) is 0.0152. The number of nitrogens with zero attached hydrogens (tertiary/aromatic N) is 7. The number of nitrogens with one attached hydrogen (secondary N) is 1. The van der Waals surface area contributed by atoms with Crippen molar-refractivity contribution in [1.82, 2.24) is 29.4 Å². The van der Waals surface area contributed by atoms with Crippen LogP contribution in [0.15, 0.2) is 257 Å². The predicted molar refractivity (Wildman–Crippen MR) is 304 cm³/mol. The number of hydrogen-bond donors (Lipinski definition) is 1. The van der Waals surface area contributed by atoms with Crippen LogP contribution >= 0.6 is 0 Å². The quantitative estimate of drug-likeness (QED) is 0.164. The van der Waals surface area contributed by atoms with E-state index in [2.05, 4.69) is 154 Å². The maximum atomic E-state index is 7.26. The Morgan fingerprint density at radius 1 is 0.413 bits per heavy atom. The SMILES string of the molecule is c1ccc(C2=NC(c3ccc(-n4c5ccccc5c5c6c7ccccc7n(-c7ccccc7)c6c6c7ccccc7oc6c54)c(-c4nc(-c5ccccc5)nc(-c5ccccc5)n4)c3)=NC(c3ccccc3)N2)cc1. The first-order chi connectivity index (χ1) is 37.2. The maximum Gasteiger partial charge on any atom is 0.166 e. The Morgan fingerprint density at radius 3 is 1.59 bits per heavy atom. The number of benzene rings is 10. The van der Waals surface area contributed by atoms with Gasteiger partial charge in [-0.1, -0.05) is 194 Å². The topological polar surface area (TPSA) is 98.4 Å². The van der Waals surface area contributed by atoms with E-state index < -0.39 is 6.17 Å². The lowest BCUT2D eigenvalue weighted by molar-refractivity contribution is 0.671. The zero-order valence-corrected chi connectivity index (χ0v) is 40.2. The van der Waals surface area contributed by atoms with E-state index in [9.17, 15) is 0 Å². The van der Waals surface area contributed by atoms with Crippen LogP contribution in [0, 0.1) is 0 Å². The number of para-hydroxylation sites is 4. The van der Waals surface area contributed by atoms with Crippen molar-refractivity contribution in [3.63, 3.8) is 0 Å². The molecule has 5 heterocycles. The molecule has 9 nitrogen and oxygen atoms in total. The molecule has 0 fully saturated rings. The standard InChI is InChI=1S/C66H42N8O/c1-6-22-41(23-7-1)61-67-62(42-24-8-2-9-25-42)70-65(69-61)45-38-39-53(50(40-45)66-71-63(43-26-10-3-11-27-43)68-64(72-66)44-28-12-4-13-29-44)74-52-36-20-17-33-48(52)56-55-47-32-16-19-35-51(47)73(46-30-14-5-15-31-46)58(55)57-49-34-18-21-37-54(49)75-60(57)59(56)74/h1-40,61H,(H,67,69,70). The molecule has 0 bridgehead atoms. The van der Waals surface area contributed by atoms with Crippen LogP contribution in [0.3, 0.4) is 0 Å². The first kappa shape index (κ1) is 42.4. The third-order valence-corrected chi connectivity index (χ3v) is 14.4. The third kappa shape index (κ3) is 6.90. The van der Waals surface area contributed by atoms with Crippen LogP contribution in [0.1, 0.15) is 22.9 Å². The second kappa shape index (κ2) is 17.2. The van der Waals surface area contributed by atoms with Crippen molar-refractivity contribution in [3.8, 4) is 45.5 Å². The summed E-state index contributed by atoms with van der Waals surface area (Å²) in [5.74, 6) is 2.91. The van der Waals surface area contributed by atoms with E-state index in [0.29, 0.717) is 23.3 Å². The van der Waals surface area contributed by atoms with Crippen molar-refractivity contribution >= 4 is 77.2 Å². The Hall–Kier alpha value is -10.3. The highest BCUT2D eigenvalue weighted by atomic mass is 16.3. The van der Waals surface area contributed by atoms with Crippen molar-refractivity contribution in [2.75, 3.05) is 0 Å². The fourth-order valence-electron chi connectivity index (χ4n) is 11.1. The van der Waals surface area contributed by atoms with E-state index in [0.717, 1.165) is 116 Å². The van der Waals surface area contributed by atoms with Crippen LogP contribution < -0.4 is 5.32 Å². The van der Waals surface area contributed by atoms with Crippen LogP contribution in [0.2, 0.25) is 0 Å². The lowest BCUT2D eigenvalue weighted by Gasteiger charge is -2.24. The largest absolute Gasteiger partial charge is 0.454 e. The van der Waals surface area contributed by atoms with Gasteiger partial charge in [0.1, 0.15) is 17.6 Å². The molecule has 0 aliphatic carbocycles. The number of rotatable bonds is 8. The van der Waals surface area contributed by atoms with E-state index in [1.807, 2.05) is 103 Å². The van der Waals surface area contributed by atoms with Gasteiger partial charge in [-0.05, 0) is 54.1 Å². The highest BCUT2D eigenvalue weighted by Crippen LogP contribution is 2.50. The second-order valence-corrected chi connectivity index (χ2v) is 18.8. The van der Waals surface area contributed by atoms with Gasteiger partial charge in [0.2, 0.25) is 0 Å². The highest BCUT2D eigenvalue weighted by Gasteiger charge is 2.30. The summed E-state index contributed by atoms with van der Waals surface area (Å²) in [4.78, 5) is 26.6. The molecule has 0 saturated heterocycles. The van der Waals surface area contributed by atoms with Gasteiger partial charge in [-0.15, -0.1) is 0 Å². The molecule has 1 unspecified atom stereocenters. The van der Waals surface area contributed by atoms with Crippen molar-refractivity contribution in [2.24, 2.45) is 9.98 Å². The average Bonchev–Trinajstić information content (AvgIpc) is 4.31. The van der Waals surface area contributed by atoms with Gasteiger partial charge in [-0.3, -0.25) is 0 Å². The van der Waals surface area contributed by atoms with Gasteiger partial charge in [0.25, 0.3) is 0 Å². The van der Waals surface area contributed by atoms with Crippen LogP contribution in [0.25, 0.3) is 111 Å². The Kier molecular flexibility index (Phi) is 9.74. The lowest BCUT2D eigenvalue weighted by Crippen LogP contribution is -2.33. The molecule has 352 valence electrons. The summed E-state index contributed by atoms with van der Waals surface area (Å²) in [5.41, 5.74) is 12.9. The molecular weight excluding hydrogens is 921 g/mol. The number of furan rings is 1. The van der Waals surface area contributed by atoms with E-state index in [4.69, 9.17) is 29.4 Å². The summed E-state index contributed by atoms with van der Waals surface area (Å²) >= 11 is 0. The first-order valence-corrected chi connectivity index (χ1v) is 25.1. The maximum absolute atomic E-state index is 7.26. The molecule has 0 spiro atoms. The molecule has 1 aliphatic heterocycles. The number of aromatic nitrogens is 5. The molecule has 1 atom stereocenters. The second-order valence-electron chi connectivity index (χ2n) is 18.8. The fourth-order valence-corrected chi connectivity index (χ4v) is 11.1. The average molecular weight is 963 g/mol. The summed E-state index contributed by atoms with van der Waals surface area (Å²) in [6.07, 6.45) is -0.400. The molecule has 0 radical (unpaired) electrons. The zero-order chi connectivity index (χ0) is 49.4. The Labute approximate surface area is 430 Å². The minimum Gasteiger partial charge on any atom is -0.454 e. The smallest absolute Gasteiger partial charge is 0.166 e. The Bertz CT molecular complexity index is 4540. The van der Waals surface area contributed by atoms with E-state index in [-0.39, 0.29) is 0 Å². The molecule has 4 aromatic heterocycles. The molecular formula is C66H42N8O.